The molecule has 7 saturated heterocycles. The molecule has 0 unspecified atom stereocenters. The molecule has 418 valence electrons. The van der Waals surface area contributed by atoms with Gasteiger partial charge in [0, 0.05) is 118 Å². The standard InChI is InChI=1S/C59H85N11O7/c1-6-69-50-14-13-40-26-44(50)46(53(69)45-27-41(30-61-51(45)38(2)3)65-21-20-64-22-24-75-34-42(64)32-65)29-58(4,5)37-77-57(74)47-12-9-17-70(63-47)56(73)48(28-43-33-66(40)23-25-76-43)62-54(71)52(39-10-7-8-11-39)67-18-15-59(35-67)16-19-68(36-59)55(72)49-31-60-49/h13-14,26-27,30,38-39,42-43,47-49,52,60,63H,6-12,15-25,28-29,31-37H2,1-5H3,(H,62,71)/t42-,43-,47-,48-,49+,52-,59-/m0/s1. The number of hydrazine groups is 1. The average molecular weight is 1060 g/mol. The fraction of sp³-hybridized carbons (Fsp3) is 0.712. The number of cyclic esters (lactones) is 1. The van der Waals surface area contributed by atoms with Gasteiger partial charge in [0.2, 0.25) is 11.8 Å². The van der Waals surface area contributed by atoms with E-state index in [-0.39, 0.29) is 72.2 Å². The van der Waals surface area contributed by atoms with Gasteiger partial charge in [0.05, 0.1) is 73.9 Å². The van der Waals surface area contributed by atoms with Crippen LogP contribution in [0.3, 0.4) is 0 Å². The Bertz CT molecular complexity index is 2700. The molecule has 3 aromatic rings. The van der Waals surface area contributed by atoms with Crippen molar-refractivity contribution in [2.75, 3.05) is 115 Å². The summed E-state index contributed by atoms with van der Waals surface area (Å²) in [4.78, 5) is 74.9. The number of anilines is 2. The number of aromatic nitrogens is 2. The third-order valence-corrected chi connectivity index (χ3v) is 19.0. The molecule has 1 spiro atoms. The first-order valence-corrected chi connectivity index (χ1v) is 29.6. The highest BCUT2D eigenvalue weighted by atomic mass is 16.5. The number of nitrogens with zero attached hydrogens (tertiary/aromatic N) is 8. The number of esters is 1. The van der Waals surface area contributed by atoms with Crippen molar-refractivity contribution in [3.8, 4) is 11.3 Å². The van der Waals surface area contributed by atoms with E-state index in [1.54, 1.807) is 5.01 Å². The molecule has 7 atom stereocenters. The monoisotopic (exact) mass is 1060 g/mol. The summed E-state index contributed by atoms with van der Waals surface area (Å²) < 4.78 is 21.3. The van der Waals surface area contributed by atoms with Crippen LogP contribution in [0.2, 0.25) is 0 Å². The first kappa shape index (κ1) is 52.8. The van der Waals surface area contributed by atoms with E-state index in [0.29, 0.717) is 51.5 Å². The zero-order chi connectivity index (χ0) is 53.2. The summed E-state index contributed by atoms with van der Waals surface area (Å²) in [6, 6.07) is 7.56. The van der Waals surface area contributed by atoms with E-state index >= 15 is 9.59 Å². The number of morpholine rings is 2. The highest BCUT2D eigenvalue weighted by Gasteiger charge is 2.51. The molecule has 8 fully saturated rings. The lowest BCUT2D eigenvalue weighted by Crippen LogP contribution is -2.62. The molecule has 8 aliphatic heterocycles. The largest absolute Gasteiger partial charge is 0.464 e. The Labute approximate surface area is 455 Å². The van der Waals surface area contributed by atoms with Crippen LogP contribution in [0.5, 0.6) is 0 Å². The Balaban J connectivity index is 0.872. The van der Waals surface area contributed by atoms with Gasteiger partial charge in [0.1, 0.15) is 12.1 Å². The van der Waals surface area contributed by atoms with Crippen LogP contribution in [0.25, 0.3) is 22.2 Å². The first-order chi connectivity index (χ1) is 37.2. The molecule has 77 heavy (non-hydrogen) atoms. The van der Waals surface area contributed by atoms with Crippen LogP contribution < -0.4 is 25.9 Å². The first-order valence-electron chi connectivity index (χ1n) is 29.6. The van der Waals surface area contributed by atoms with Gasteiger partial charge in [-0.2, -0.15) is 0 Å². The normalized spacial score (nSPS) is 30.0. The maximum absolute atomic E-state index is 15.2. The number of ether oxygens (including phenoxy) is 3. The van der Waals surface area contributed by atoms with Crippen LogP contribution in [0.1, 0.15) is 110 Å². The number of likely N-dealkylation sites (tertiary alicyclic amines) is 2. The van der Waals surface area contributed by atoms with Gasteiger partial charge in [-0.3, -0.25) is 39.0 Å². The molecular weight excluding hydrogens is 975 g/mol. The number of aryl methyl sites for hydroxylation is 1. The summed E-state index contributed by atoms with van der Waals surface area (Å²) in [6.07, 6.45) is 9.78. The Kier molecular flexibility index (Phi) is 14.9. The number of carbonyl (C=O) groups excluding carboxylic acids is 4. The fourth-order valence-corrected chi connectivity index (χ4v) is 14.8. The smallest absolute Gasteiger partial charge is 0.324 e. The molecule has 10 heterocycles. The number of nitrogens with one attached hydrogen (secondary N) is 3. The van der Waals surface area contributed by atoms with Gasteiger partial charge in [0.15, 0.2) is 0 Å². The van der Waals surface area contributed by atoms with Crippen molar-refractivity contribution in [2.24, 2.45) is 16.7 Å². The predicted molar refractivity (Wildman–Crippen MR) is 295 cm³/mol. The van der Waals surface area contributed by atoms with E-state index in [9.17, 15) is 9.59 Å². The minimum atomic E-state index is -0.895. The minimum absolute atomic E-state index is 0.0296. The Morgan fingerprint density at radius 1 is 0.909 bits per heavy atom. The number of carbonyl (C=O) groups is 4. The van der Waals surface area contributed by atoms with E-state index in [1.807, 2.05) is 4.90 Å². The highest BCUT2D eigenvalue weighted by molar-refractivity contribution is 5.95. The molecular formula is C59H85N11O7. The van der Waals surface area contributed by atoms with Gasteiger partial charge in [-0.05, 0) is 100 Å². The zero-order valence-corrected chi connectivity index (χ0v) is 46.5. The van der Waals surface area contributed by atoms with Crippen LogP contribution >= 0.6 is 0 Å². The summed E-state index contributed by atoms with van der Waals surface area (Å²) in [7, 11) is 0. The fourth-order valence-electron chi connectivity index (χ4n) is 14.8. The topological polar surface area (TPSA) is 179 Å². The number of rotatable bonds is 9. The lowest BCUT2D eigenvalue weighted by Gasteiger charge is -2.44. The molecule has 6 bridgehead atoms. The second kappa shape index (κ2) is 21.7. The van der Waals surface area contributed by atoms with Crippen molar-refractivity contribution < 1.29 is 33.4 Å². The van der Waals surface area contributed by atoms with Gasteiger partial charge in [-0.15, -0.1) is 0 Å². The number of fused-ring (bicyclic) bond motifs is 7. The molecule has 9 aliphatic rings. The summed E-state index contributed by atoms with van der Waals surface area (Å²) >= 11 is 0. The van der Waals surface area contributed by atoms with Crippen molar-refractivity contribution in [1.29, 1.82) is 0 Å². The second-order valence-electron chi connectivity index (χ2n) is 25.4. The van der Waals surface area contributed by atoms with Crippen LogP contribution in [-0.2, 0) is 46.4 Å². The molecule has 18 nitrogen and oxygen atoms in total. The quantitative estimate of drug-likeness (QED) is 0.201. The van der Waals surface area contributed by atoms with E-state index < -0.39 is 17.5 Å². The molecule has 12 rings (SSSR count). The van der Waals surface area contributed by atoms with Crippen LogP contribution in [0, 0.1) is 16.7 Å². The van der Waals surface area contributed by atoms with Crippen LogP contribution in [0.15, 0.2) is 30.5 Å². The molecule has 3 amide bonds. The van der Waals surface area contributed by atoms with Crippen LogP contribution in [-0.4, -0.2) is 194 Å². The lowest BCUT2D eigenvalue weighted by molar-refractivity contribution is -0.156. The summed E-state index contributed by atoms with van der Waals surface area (Å²) in [5.74, 6) is -0.197. The maximum Gasteiger partial charge on any atom is 0.324 e. The summed E-state index contributed by atoms with van der Waals surface area (Å²) in [6.45, 7) is 23.3. The van der Waals surface area contributed by atoms with Crippen molar-refractivity contribution in [1.82, 2.24) is 45.3 Å². The molecule has 2 aromatic heterocycles. The molecule has 0 radical (unpaired) electrons. The van der Waals surface area contributed by atoms with Crippen LogP contribution in [0.4, 0.5) is 11.4 Å². The molecule has 18 heteroatoms. The van der Waals surface area contributed by atoms with E-state index in [1.165, 1.54) is 16.6 Å². The minimum Gasteiger partial charge on any atom is -0.464 e. The number of hydrogen-bond acceptors (Lipinski definition) is 14. The van der Waals surface area contributed by atoms with E-state index in [2.05, 4.69) is 105 Å². The molecule has 1 aliphatic carbocycles. The third kappa shape index (κ3) is 10.7. The number of pyridine rings is 1. The van der Waals surface area contributed by atoms with Gasteiger partial charge < -0.3 is 44.1 Å². The Morgan fingerprint density at radius 3 is 2.53 bits per heavy atom. The summed E-state index contributed by atoms with van der Waals surface area (Å²) in [5.41, 5.74) is 10.7. The predicted octanol–water partition coefficient (Wildman–Crippen LogP) is 4.52. The lowest BCUT2D eigenvalue weighted by atomic mass is 9.84. The zero-order valence-electron chi connectivity index (χ0n) is 46.5. The van der Waals surface area contributed by atoms with Gasteiger partial charge >= 0.3 is 5.97 Å². The summed E-state index contributed by atoms with van der Waals surface area (Å²) in [5, 5.41) is 9.30. The van der Waals surface area contributed by atoms with E-state index in [0.717, 1.165) is 145 Å². The van der Waals surface area contributed by atoms with E-state index in [4.69, 9.17) is 19.2 Å². The van der Waals surface area contributed by atoms with Gasteiger partial charge in [-0.1, -0.05) is 40.5 Å². The number of benzene rings is 1. The molecule has 1 saturated carbocycles. The van der Waals surface area contributed by atoms with Crippen molar-refractivity contribution in [3.63, 3.8) is 0 Å². The Morgan fingerprint density at radius 2 is 1.73 bits per heavy atom. The van der Waals surface area contributed by atoms with Crippen molar-refractivity contribution >= 4 is 46.0 Å². The average Bonchev–Trinajstić information content (AvgIpc) is 3.68. The Hall–Kier alpha value is -4.85. The number of hydrogen-bond donors (Lipinski definition) is 3. The third-order valence-electron chi connectivity index (χ3n) is 19.0. The van der Waals surface area contributed by atoms with Crippen molar-refractivity contribution in [3.05, 3.63) is 41.7 Å². The number of piperazine rings is 1. The maximum atomic E-state index is 15.2. The molecule has 1 aromatic carbocycles. The number of amides is 3. The highest BCUT2D eigenvalue weighted by Crippen LogP contribution is 2.45. The second-order valence-corrected chi connectivity index (χ2v) is 25.4. The van der Waals surface area contributed by atoms with Crippen molar-refractivity contribution in [2.45, 2.75) is 148 Å². The molecule has 3 N–H and O–H groups in total. The van der Waals surface area contributed by atoms with Gasteiger partial charge in [0.25, 0.3) is 5.91 Å². The SMILES string of the molecule is CCn1c(-c2cc(N3CCN4CCOC[C@@H]4C3)cnc2C(C)C)c2c3cc(ccc31)N1CCO[C@@H](C[C@H](NC(=O)[C@H](C3CCCC3)N3CC[C@]4(CCN(C(=O)[C@H]5CN5)C4)C3)C(=O)N3CCC[C@H](N3)C(=O)OCC(C)(C)C2)C1. The van der Waals surface area contributed by atoms with Gasteiger partial charge in [-0.25, -0.2) is 5.43 Å².